The number of unbranched alkanes of at least 4 members (excludes halogenated alkanes) is 11. The third kappa shape index (κ3) is 18.9. The van der Waals surface area contributed by atoms with E-state index >= 15 is 0 Å². The predicted octanol–water partition coefficient (Wildman–Crippen LogP) is 5.39. The molecule has 0 aliphatic carbocycles. The largest absolute Gasteiger partial charge is 0.444 e. The number of hydrogen-bond acceptors (Lipinski definition) is 3. The molecule has 0 heterocycles. The van der Waals surface area contributed by atoms with Crippen LogP contribution in [0.2, 0.25) is 0 Å². The summed E-state index contributed by atoms with van der Waals surface area (Å²) in [5, 5.41) is 2.80. The average molecular weight is 328 g/mol. The molecule has 0 aromatic carbocycles. The summed E-state index contributed by atoms with van der Waals surface area (Å²) in [5.74, 6) is 0. The first-order valence-corrected chi connectivity index (χ1v) is 9.36. The quantitative estimate of drug-likeness (QED) is 0.344. The number of hydrogen-bond donors (Lipinski definition) is 1. The Balaban J connectivity index is 3.16. The van der Waals surface area contributed by atoms with Crippen LogP contribution in [0.4, 0.5) is 4.79 Å². The molecule has 0 saturated carbocycles. The van der Waals surface area contributed by atoms with Crippen molar-refractivity contribution < 1.29 is 14.3 Å². The molecule has 4 nitrogen and oxygen atoms in total. The van der Waals surface area contributed by atoms with Gasteiger partial charge in [0.2, 0.25) is 0 Å². The van der Waals surface area contributed by atoms with Crippen LogP contribution in [0.25, 0.3) is 0 Å². The molecular weight excluding hydrogens is 290 g/mol. The summed E-state index contributed by atoms with van der Waals surface area (Å²) in [6, 6.07) is 0. The number of carbonyl (C=O) groups is 2. The van der Waals surface area contributed by atoms with Gasteiger partial charge in [-0.05, 0) is 33.6 Å². The molecule has 0 rings (SSSR count). The third-order valence-corrected chi connectivity index (χ3v) is 3.67. The minimum Gasteiger partial charge on any atom is -0.444 e. The van der Waals surface area contributed by atoms with E-state index in [0.717, 1.165) is 25.5 Å². The van der Waals surface area contributed by atoms with E-state index in [2.05, 4.69) is 5.32 Å². The summed E-state index contributed by atoms with van der Waals surface area (Å²) in [4.78, 5) is 21.6. The fourth-order valence-corrected chi connectivity index (χ4v) is 2.45. The molecule has 0 bridgehead atoms. The third-order valence-electron chi connectivity index (χ3n) is 3.67. The first-order valence-electron chi connectivity index (χ1n) is 9.36. The molecule has 0 aliphatic heterocycles. The van der Waals surface area contributed by atoms with Crippen molar-refractivity contribution >= 4 is 12.4 Å². The molecule has 0 fully saturated rings. The number of alkyl carbamates (subject to hydrolysis) is 1. The number of amides is 1. The van der Waals surface area contributed by atoms with Crippen molar-refractivity contribution in [3.63, 3.8) is 0 Å². The Morgan fingerprint density at radius 2 is 1.26 bits per heavy atom. The Hall–Kier alpha value is -1.06. The van der Waals surface area contributed by atoms with Crippen molar-refractivity contribution in [1.82, 2.24) is 5.32 Å². The lowest BCUT2D eigenvalue weighted by molar-refractivity contribution is -0.107. The zero-order chi connectivity index (χ0) is 17.4. The first kappa shape index (κ1) is 21.9. The Morgan fingerprint density at radius 3 is 1.70 bits per heavy atom. The summed E-state index contributed by atoms with van der Waals surface area (Å²) in [6.07, 6.45) is 14.9. The van der Waals surface area contributed by atoms with Crippen molar-refractivity contribution in [3.8, 4) is 0 Å². The van der Waals surface area contributed by atoms with Gasteiger partial charge in [0.25, 0.3) is 0 Å². The molecule has 0 aromatic rings. The summed E-state index contributed by atoms with van der Waals surface area (Å²) in [6.45, 7) is 6.32. The smallest absolute Gasteiger partial charge is 0.407 e. The predicted molar refractivity (Wildman–Crippen MR) is 95.7 cm³/mol. The van der Waals surface area contributed by atoms with Gasteiger partial charge >= 0.3 is 6.09 Å². The van der Waals surface area contributed by atoms with E-state index in [1.54, 1.807) is 0 Å². The number of rotatable bonds is 14. The molecule has 136 valence electrons. The number of ether oxygens (including phenoxy) is 1. The minimum absolute atomic E-state index is 0.314. The van der Waals surface area contributed by atoms with E-state index in [1.807, 2.05) is 20.8 Å². The van der Waals surface area contributed by atoms with Crippen LogP contribution in [0.3, 0.4) is 0 Å². The molecule has 0 atom stereocenters. The van der Waals surface area contributed by atoms with Gasteiger partial charge in [0.1, 0.15) is 11.9 Å². The molecule has 1 N–H and O–H groups in total. The van der Waals surface area contributed by atoms with Crippen LogP contribution in [0, 0.1) is 0 Å². The Morgan fingerprint density at radius 1 is 0.826 bits per heavy atom. The van der Waals surface area contributed by atoms with Crippen molar-refractivity contribution in [2.75, 3.05) is 6.54 Å². The van der Waals surface area contributed by atoms with Gasteiger partial charge in [-0.2, -0.15) is 0 Å². The van der Waals surface area contributed by atoms with Crippen molar-refractivity contribution in [1.29, 1.82) is 0 Å². The van der Waals surface area contributed by atoms with Crippen molar-refractivity contribution in [2.45, 2.75) is 103 Å². The van der Waals surface area contributed by atoms with Gasteiger partial charge in [0, 0.05) is 13.0 Å². The molecule has 4 heteroatoms. The van der Waals surface area contributed by atoms with Crippen LogP contribution in [-0.4, -0.2) is 24.5 Å². The lowest BCUT2D eigenvalue weighted by Crippen LogP contribution is -2.32. The second kappa shape index (κ2) is 14.5. The standard InChI is InChI=1S/C19H37NO3/c1-19(2,3)23-18(22)20-16-14-12-10-8-6-4-5-7-9-11-13-15-17-21/h17H,4-16H2,1-3H3,(H,20,22). The van der Waals surface area contributed by atoms with Gasteiger partial charge in [0.05, 0.1) is 0 Å². The zero-order valence-corrected chi connectivity index (χ0v) is 15.5. The fourth-order valence-electron chi connectivity index (χ4n) is 2.45. The average Bonchev–Trinajstić information content (AvgIpc) is 2.46. The van der Waals surface area contributed by atoms with E-state index in [0.29, 0.717) is 6.54 Å². The molecule has 0 saturated heterocycles. The van der Waals surface area contributed by atoms with Gasteiger partial charge in [0.15, 0.2) is 0 Å². The lowest BCUT2D eigenvalue weighted by Gasteiger charge is -2.19. The maximum atomic E-state index is 11.4. The maximum Gasteiger partial charge on any atom is 0.407 e. The summed E-state index contributed by atoms with van der Waals surface area (Å²) >= 11 is 0. The Bertz CT molecular complexity index is 297. The van der Waals surface area contributed by atoms with Gasteiger partial charge in [-0.3, -0.25) is 0 Å². The minimum atomic E-state index is -0.418. The molecule has 0 aliphatic rings. The topological polar surface area (TPSA) is 55.4 Å². The molecule has 0 unspecified atom stereocenters. The van der Waals surface area contributed by atoms with Gasteiger partial charge < -0.3 is 14.8 Å². The second-order valence-corrected chi connectivity index (χ2v) is 7.27. The molecule has 0 radical (unpaired) electrons. The Labute approximate surface area is 142 Å². The monoisotopic (exact) mass is 327 g/mol. The van der Waals surface area contributed by atoms with E-state index in [4.69, 9.17) is 4.74 Å². The van der Waals surface area contributed by atoms with E-state index in [-0.39, 0.29) is 6.09 Å². The molecule has 1 amide bonds. The number of nitrogens with one attached hydrogen (secondary N) is 1. The molecular formula is C19H37NO3. The summed E-state index contributed by atoms with van der Waals surface area (Å²) < 4.78 is 5.18. The van der Waals surface area contributed by atoms with Gasteiger partial charge in [-0.1, -0.05) is 57.8 Å². The van der Waals surface area contributed by atoms with Crippen LogP contribution in [0.15, 0.2) is 0 Å². The van der Waals surface area contributed by atoms with Crippen LogP contribution < -0.4 is 5.32 Å². The molecule has 0 spiro atoms. The van der Waals surface area contributed by atoms with Crippen LogP contribution in [0.5, 0.6) is 0 Å². The van der Waals surface area contributed by atoms with Crippen molar-refractivity contribution in [2.24, 2.45) is 0 Å². The lowest BCUT2D eigenvalue weighted by atomic mass is 10.1. The summed E-state index contributed by atoms with van der Waals surface area (Å²) in [7, 11) is 0. The summed E-state index contributed by atoms with van der Waals surface area (Å²) in [5.41, 5.74) is -0.418. The van der Waals surface area contributed by atoms with Crippen LogP contribution >= 0.6 is 0 Å². The van der Waals surface area contributed by atoms with Gasteiger partial charge in [-0.15, -0.1) is 0 Å². The van der Waals surface area contributed by atoms with Crippen molar-refractivity contribution in [3.05, 3.63) is 0 Å². The highest BCUT2D eigenvalue weighted by Crippen LogP contribution is 2.11. The van der Waals surface area contributed by atoms with E-state index < -0.39 is 5.60 Å². The highest BCUT2D eigenvalue weighted by Gasteiger charge is 2.15. The molecule has 0 aromatic heterocycles. The number of aldehydes is 1. The van der Waals surface area contributed by atoms with Gasteiger partial charge in [-0.25, -0.2) is 4.79 Å². The number of carbonyl (C=O) groups excluding carboxylic acids is 2. The highest BCUT2D eigenvalue weighted by molar-refractivity contribution is 5.67. The molecule has 23 heavy (non-hydrogen) atoms. The highest BCUT2D eigenvalue weighted by atomic mass is 16.6. The zero-order valence-electron chi connectivity index (χ0n) is 15.5. The second-order valence-electron chi connectivity index (χ2n) is 7.27. The fraction of sp³-hybridized carbons (Fsp3) is 0.895. The van der Waals surface area contributed by atoms with Crippen LogP contribution in [-0.2, 0) is 9.53 Å². The normalized spacial score (nSPS) is 11.3. The van der Waals surface area contributed by atoms with Crippen LogP contribution in [0.1, 0.15) is 97.8 Å². The SMILES string of the molecule is CC(C)(C)OC(=O)NCCCCCCCCCCCCCC=O. The first-order chi connectivity index (χ1) is 11.0. The maximum absolute atomic E-state index is 11.4. The van der Waals surface area contributed by atoms with E-state index in [1.165, 1.54) is 57.8 Å². The van der Waals surface area contributed by atoms with E-state index in [9.17, 15) is 9.59 Å². The Kier molecular flexibility index (Phi) is 13.9.